The van der Waals surface area contributed by atoms with Crippen molar-refractivity contribution in [2.24, 2.45) is 11.3 Å². The average Bonchev–Trinajstić information content (AvgIpc) is 3.08. The molecule has 0 aliphatic heterocycles. The summed E-state index contributed by atoms with van der Waals surface area (Å²) in [5, 5.41) is 9.02. The van der Waals surface area contributed by atoms with E-state index in [2.05, 4.69) is 31.1 Å². The van der Waals surface area contributed by atoms with Crippen LogP contribution in [0, 0.1) is 11.3 Å². The van der Waals surface area contributed by atoms with E-state index in [1.807, 2.05) is 30.3 Å². The maximum atomic E-state index is 13.2. The first-order valence-electron chi connectivity index (χ1n) is 10.4. The lowest BCUT2D eigenvalue weighted by molar-refractivity contribution is -0.131. The number of hydrogen-bond acceptors (Lipinski definition) is 5. The van der Waals surface area contributed by atoms with E-state index in [4.69, 9.17) is 0 Å². The summed E-state index contributed by atoms with van der Waals surface area (Å²) in [4.78, 5) is 29.4. The van der Waals surface area contributed by atoms with E-state index in [0.29, 0.717) is 22.7 Å². The third-order valence-corrected chi connectivity index (χ3v) is 7.28. The molecule has 0 fully saturated rings. The molecule has 0 bridgehead atoms. The zero-order valence-electron chi connectivity index (χ0n) is 18.0. The van der Waals surface area contributed by atoms with Gasteiger partial charge in [-0.25, -0.2) is 4.68 Å². The Morgan fingerprint density at radius 1 is 1.27 bits per heavy atom. The standard InChI is InChI=1S/C23H28N4O2S/c1-23(2,3)16-10-11-17-18(12-16)30-21-20(17)22(29)27(25-24-21)14-19(28)26(4)13-15-8-6-5-7-9-15/h5-9,16H,10-14H2,1-4H3/t16-/m1/s1. The molecule has 1 aliphatic rings. The SMILES string of the molecule is CN(Cc1ccccc1)C(=O)Cn1nnc2sc3c(c2c1=O)CC[C@@H](C(C)(C)C)C3. The van der Waals surface area contributed by atoms with Crippen LogP contribution in [0.1, 0.15) is 43.2 Å². The topological polar surface area (TPSA) is 68.1 Å². The van der Waals surface area contributed by atoms with Crippen LogP contribution in [0.3, 0.4) is 0 Å². The number of thiophene rings is 1. The van der Waals surface area contributed by atoms with E-state index in [-0.39, 0.29) is 23.4 Å². The van der Waals surface area contributed by atoms with Gasteiger partial charge in [-0.3, -0.25) is 9.59 Å². The van der Waals surface area contributed by atoms with Crippen molar-refractivity contribution >= 4 is 27.5 Å². The first kappa shape index (κ1) is 20.7. The number of benzene rings is 1. The van der Waals surface area contributed by atoms with E-state index in [0.717, 1.165) is 30.4 Å². The highest BCUT2D eigenvalue weighted by atomic mass is 32.1. The number of amides is 1. The van der Waals surface area contributed by atoms with Crippen molar-refractivity contribution in [1.82, 2.24) is 19.9 Å². The molecule has 6 nitrogen and oxygen atoms in total. The lowest BCUT2D eigenvalue weighted by Crippen LogP contribution is -2.35. The van der Waals surface area contributed by atoms with Gasteiger partial charge >= 0.3 is 0 Å². The van der Waals surface area contributed by atoms with E-state index in [1.54, 1.807) is 23.3 Å². The quantitative estimate of drug-likeness (QED) is 0.641. The average molecular weight is 425 g/mol. The maximum absolute atomic E-state index is 13.2. The number of nitrogens with zero attached hydrogens (tertiary/aromatic N) is 4. The Balaban J connectivity index is 1.57. The van der Waals surface area contributed by atoms with Crippen LogP contribution in [0.4, 0.5) is 0 Å². The van der Waals surface area contributed by atoms with Crippen molar-refractivity contribution < 1.29 is 4.79 Å². The Labute approximate surface area is 180 Å². The molecule has 0 saturated carbocycles. The molecule has 0 unspecified atom stereocenters. The zero-order valence-corrected chi connectivity index (χ0v) is 18.8. The van der Waals surface area contributed by atoms with E-state index < -0.39 is 0 Å². The Kier molecular flexibility index (Phi) is 5.49. The van der Waals surface area contributed by atoms with Gasteiger partial charge in [-0.05, 0) is 41.7 Å². The summed E-state index contributed by atoms with van der Waals surface area (Å²) < 4.78 is 1.22. The zero-order chi connectivity index (χ0) is 21.5. The van der Waals surface area contributed by atoms with Crippen LogP contribution in [-0.2, 0) is 30.7 Å². The Morgan fingerprint density at radius 2 is 2.00 bits per heavy atom. The van der Waals surface area contributed by atoms with Crippen molar-refractivity contribution in [1.29, 1.82) is 0 Å². The molecule has 0 N–H and O–H groups in total. The predicted molar refractivity (Wildman–Crippen MR) is 120 cm³/mol. The molecule has 0 radical (unpaired) electrons. The number of rotatable bonds is 4. The van der Waals surface area contributed by atoms with Crippen molar-refractivity contribution in [2.75, 3.05) is 7.05 Å². The molecule has 2 aromatic heterocycles. The molecule has 1 aliphatic carbocycles. The summed E-state index contributed by atoms with van der Waals surface area (Å²) in [6, 6.07) is 9.79. The monoisotopic (exact) mass is 424 g/mol. The molecule has 1 aromatic carbocycles. The van der Waals surface area contributed by atoms with Crippen molar-refractivity contribution in [3.05, 3.63) is 56.7 Å². The van der Waals surface area contributed by atoms with Gasteiger partial charge in [0.05, 0.1) is 5.39 Å². The molecule has 0 spiro atoms. The lowest BCUT2D eigenvalue weighted by atomic mass is 9.72. The summed E-state index contributed by atoms with van der Waals surface area (Å²) in [7, 11) is 1.74. The van der Waals surface area contributed by atoms with Gasteiger partial charge < -0.3 is 4.90 Å². The maximum Gasteiger partial charge on any atom is 0.279 e. The lowest BCUT2D eigenvalue weighted by Gasteiger charge is -2.33. The molecule has 1 amide bonds. The summed E-state index contributed by atoms with van der Waals surface area (Å²) in [5.41, 5.74) is 2.21. The van der Waals surface area contributed by atoms with Gasteiger partial charge in [-0.1, -0.05) is 56.3 Å². The number of carbonyl (C=O) groups is 1. The molecule has 1 atom stereocenters. The predicted octanol–water partition coefficient (Wildman–Crippen LogP) is 3.66. The van der Waals surface area contributed by atoms with Crippen molar-refractivity contribution in [2.45, 2.75) is 53.1 Å². The Hall–Kier alpha value is -2.54. The van der Waals surface area contributed by atoms with Gasteiger partial charge in [0.25, 0.3) is 5.56 Å². The number of likely N-dealkylation sites (N-methyl/N-ethyl adjacent to an activating group) is 1. The van der Waals surface area contributed by atoms with Gasteiger partial charge in [-0.2, -0.15) is 0 Å². The normalized spacial score (nSPS) is 16.5. The number of hydrogen-bond donors (Lipinski definition) is 0. The number of aryl methyl sites for hydroxylation is 1. The van der Waals surface area contributed by atoms with Gasteiger partial charge in [0, 0.05) is 18.5 Å². The highest BCUT2D eigenvalue weighted by molar-refractivity contribution is 7.18. The molecule has 7 heteroatoms. The third-order valence-electron chi connectivity index (χ3n) is 6.14. The van der Waals surface area contributed by atoms with Crippen LogP contribution in [0.25, 0.3) is 10.2 Å². The molecule has 3 aromatic rings. The highest BCUT2D eigenvalue weighted by Crippen LogP contribution is 2.41. The molecule has 0 saturated heterocycles. The van der Waals surface area contributed by atoms with Gasteiger partial charge in [0.1, 0.15) is 6.54 Å². The van der Waals surface area contributed by atoms with Crippen LogP contribution < -0.4 is 5.56 Å². The second-order valence-electron chi connectivity index (χ2n) is 9.28. The molecule has 158 valence electrons. The Morgan fingerprint density at radius 3 is 2.70 bits per heavy atom. The van der Waals surface area contributed by atoms with Crippen molar-refractivity contribution in [3.8, 4) is 0 Å². The van der Waals surface area contributed by atoms with Gasteiger partial charge in [-0.15, -0.1) is 16.4 Å². The second kappa shape index (κ2) is 7.95. The fourth-order valence-electron chi connectivity index (χ4n) is 4.16. The van der Waals surface area contributed by atoms with E-state index in [9.17, 15) is 9.59 Å². The molecular formula is C23H28N4O2S. The molecule has 30 heavy (non-hydrogen) atoms. The minimum absolute atomic E-state index is 0.0969. The van der Waals surface area contributed by atoms with E-state index in [1.165, 1.54) is 9.56 Å². The molecule has 4 rings (SSSR count). The van der Waals surface area contributed by atoms with Gasteiger partial charge in [0.2, 0.25) is 5.91 Å². The fraction of sp³-hybridized carbons (Fsp3) is 0.478. The smallest absolute Gasteiger partial charge is 0.279 e. The minimum Gasteiger partial charge on any atom is -0.340 e. The minimum atomic E-state index is -0.201. The van der Waals surface area contributed by atoms with Crippen LogP contribution in [-0.4, -0.2) is 32.8 Å². The summed E-state index contributed by atoms with van der Waals surface area (Å²) in [6.45, 7) is 7.23. The van der Waals surface area contributed by atoms with Crippen molar-refractivity contribution in [3.63, 3.8) is 0 Å². The van der Waals surface area contributed by atoms with Crippen LogP contribution in [0.15, 0.2) is 35.1 Å². The molecule has 2 heterocycles. The summed E-state index contributed by atoms with van der Waals surface area (Å²) >= 11 is 1.59. The molecular weight excluding hydrogens is 396 g/mol. The summed E-state index contributed by atoms with van der Waals surface area (Å²) in [6.07, 6.45) is 2.95. The fourth-order valence-corrected chi connectivity index (χ4v) is 5.40. The third kappa shape index (κ3) is 4.03. The van der Waals surface area contributed by atoms with Gasteiger partial charge in [0.15, 0.2) is 4.83 Å². The number of carbonyl (C=O) groups excluding carboxylic acids is 1. The van der Waals surface area contributed by atoms with Crippen LogP contribution >= 0.6 is 11.3 Å². The van der Waals surface area contributed by atoms with Crippen LogP contribution in [0.5, 0.6) is 0 Å². The Bertz CT molecular complexity index is 1130. The van der Waals surface area contributed by atoms with E-state index >= 15 is 0 Å². The number of aromatic nitrogens is 3. The second-order valence-corrected chi connectivity index (χ2v) is 10.4. The number of fused-ring (bicyclic) bond motifs is 3. The highest BCUT2D eigenvalue weighted by Gasteiger charge is 2.32. The first-order valence-corrected chi connectivity index (χ1v) is 11.2. The summed E-state index contributed by atoms with van der Waals surface area (Å²) in [5.74, 6) is 0.438. The first-order chi connectivity index (χ1) is 14.2. The largest absolute Gasteiger partial charge is 0.340 e. The van der Waals surface area contributed by atoms with Crippen LogP contribution in [0.2, 0.25) is 0 Å².